The Morgan fingerprint density at radius 1 is 0.897 bits per heavy atom. The van der Waals surface area contributed by atoms with Crippen LogP contribution in [0.2, 0.25) is 0 Å². The SMILES string of the molecule is COC(=O)NC(C(=O)N1C[C@@H](OC)C[C@H]1c1ncc(-c2ccc(-c3ccc(N(OC(F)(F)F)C(=O)N4CCN(C5CCN(C(=O)O)CC5)CC4)cc3)cc2)[nH]1)C(C)C. The van der Waals surface area contributed by atoms with Crippen molar-refractivity contribution in [3.8, 4) is 22.4 Å². The number of carbonyl (C=O) groups is 4. The van der Waals surface area contributed by atoms with Crippen molar-refractivity contribution in [1.29, 1.82) is 0 Å². The number of amides is 5. The van der Waals surface area contributed by atoms with Crippen LogP contribution in [0.5, 0.6) is 0 Å². The van der Waals surface area contributed by atoms with E-state index in [1.807, 2.05) is 38.1 Å². The number of ether oxygens (including phenoxy) is 2. The first-order valence-corrected chi connectivity index (χ1v) is 19.2. The zero-order chi connectivity index (χ0) is 41.7. The van der Waals surface area contributed by atoms with Gasteiger partial charge in [-0.2, -0.15) is 9.90 Å². The summed E-state index contributed by atoms with van der Waals surface area (Å²) in [5.74, 6) is 0.0762. The number of alkyl carbamates (subject to hydrolysis) is 1. The van der Waals surface area contributed by atoms with Crippen LogP contribution in [0.3, 0.4) is 0 Å². The number of benzene rings is 2. The topological polar surface area (TPSA) is 173 Å². The minimum absolute atomic E-state index is 0.0906. The zero-order valence-electron chi connectivity index (χ0n) is 32.8. The predicted octanol–water partition coefficient (Wildman–Crippen LogP) is 5.55. The third-order valence-corrected chi connectivity index (χ3v) is 11.0. The summed E-state index contributed by atoms with van der Waals surface area (Å²) < 4.78 is 51.1. The molecule has 3 fully saturated rings. The summed E-state index contributed by atoms with van der Waals surface area (Å²) in [6.07, 6.45) is -3.53. The maximum atomic E-state index is 13.7. The van der Waals surface area contributed by atoms with Crippen LogP contribution in [0.4, 0.5) is 33.2 Å². The van der Waals surface area contributed by atoms with Gasteiger partial charge in [0.25, 0.3) is 0 Å². The number of hydrogen-bond donors (Lipinski definition) is 3. The highest BCUT2D eigenvalue weighted by molar-refractivity contribution is 5.90. The van der Waals surface area contributed by atoms with E-state index in [4.69, 9.17) is 9.47 Å². The quantitative estimate of drug-likeness (QED) is 0.221. The van der Waals surface area contributed by atoms with Crippen LogP contribution in [0.1, 0.15) is 45.0 Å². The standard InChI is InChI=1S/C39H49F3N8O8/c1-24(2)33(45-36(52)57-4)35(51)49-23-30(56-3)21-32(49)34-43-22-31(44-34)27-7-5-25(6-8-27)26-9-11-29(12-10-26)50(58-39(40,41)42)37(53)47-19-17-46(18-20-47)28-13-15-48(16-14-28)38(54)55/h5-12,22,24,28,30,32-33H,13-21,23H2,1-4H3,(H,43,44)(H,45,52)(H,54,55)/t30-,32-,33?/m0/s1. The molecule has 314 valence electrons. The number of halogens is 3. The van der Waals surface area contributed by atoms with Crippen molar-refractivity contribution in [3.05, 3.63) is 60.6 Å². The second kappa shape index (κ2) is 18.0. The summed E-state index contributed by atoms with van der Waals surface area (Å²) in [5, 5.41) is 12.1. The van der Waals surface area contributed by atoms with Crippen LogP contribution in [0.25, 0.3) is 22.4 Å². The number of piperazine rings is 1. The van der Waals surface area contributed by atoms with E-state index < -0.39 is 36.7 Å². The van der Waals surface area contributed by atoms with Gasteiger partial charge in [-0.1, -0.05) is 50.2 Å². The molecule has 0 saturated carbocycles. The van der Waals surface area contributed by atoms with Gasteiger partial charge in [0.15, 0.2) is 0 Å². The average molecular weight is 815 g/mol. The summed E-state index contributed by atoms with van der Waals surface area (Å²) >= 11 is 0. The van der Waals surface area contributed by atoms with Gasteiger partial charge < -0.3 is 39.6 Å². The van der Waals surface area contributed by atoms with E-state index in [1.165, 1.54) is 29.0 Å². The number of urea groups is 1. The highest BCUT2D eigenvalue weighted by Crippen LogP contribution is 2.35. The van der Waals surface area contributed by atoms with E-state index in [-0.39, 0.29) is 47.8 Å². The van der Waals surface area contributed by atoms with Gasteiger partial charge in [-0.15, -0.1) is 13.2 Å². The Hall–Kier alpha value is -5.40. The number of aromatic nitrogens is 2. The fourth-order valence-corrected chi connectivity index (χ4v) is 7.77. The summed E-state index contributed by atoms with van der Waals surface area (Å²) in [7, 11) is 2.82. The van der Waals surface area contributed by atoms with E-state index in [9.17, 15) is 37.5 Å². The molecule has 0 aliphatic carbocycles. The number of nitrogens with one attached hydrogen (secondary N) is 2. The molecule has 6 rings (SSSR count). The normalized spacial score (nSPS) is 20.0. The molecular formula is C39H49F3N8O8. The molecule has 3 N–H and O–H groups in total. The van der Waals surface area contributed by atoms with Crippen LogP contribution >= 0.6 is 0 Å². The second-order valence-electron chi connectivity index (χ2n) is 14.9. The molecule has 3 aromatic rings. The molecule has 0 bridgehead atoms. The van der Waals surface area contributed by atoms with E-state index in [2.05, 4.69) is 25.0 Å². The fraction of sp³-hybridized carbons (Fsp3) is 0.513. The third-order valence-electron chi connectivity index (χ3n) is 11.0. The van der Waals surface area contributed by atoms with Crippen molar-refractivity contribution < 1.29 is 51.8 Å². The fourth-order valence-electron chi connectivity index (χ4n) is 7.77. The zero-order valence-corrected chi connectivity index (χ0v) is 32.8. The molecule has 1 aromatic heterocycles. The molecule has 0 radical (unpaired) electrons. The Morgan fingerprint density at radius 2 is 1.50 bits per heavy atom. The molecule has 2 aromatic carbocycles. The summed E-state index contributed by atoms with van der Waals surface area (Å²) in [6.45, 7) is 6.09. The molecule has 16 nitrogen and oxygen atoms in total. The highest BCUT2D eigenvalue weighted by Gasteiger charge is 2.42. The van der Waals surface area contributed by atoms with Gasteiger partial charge in [0.05, 0.1) is 36.8 Å². The van der Waals surface area contributed by atoms with Crippen LogP contribution < -0.4 is 10.4 Å². The van der Waals surface area contributed by atoms with Crippen molar-refractivity contribution in [1.82, 2.24) is 34.9 Å². The molecule has 3 aliphatic heterocycles. The Bertz CT molecular complexity index is 1900. The maximum absolute atomic E-state index is 13.7. The number of imidazole rings is 1. The Morgan fingerprint density at radius 3 is 2.05 bits per heavy atom. The maximum Gasteiger partial charge on any atom is 0.544 e. The lowest BCUT2D eigenvalue weighted by molar-refractivity contribution is -0.325. The number of hydrogen-bond acceptors (Lipinski definition) is 9. The van der Waals surface area contributed by atoms with Crippen molar-refractivity contribution in [2.24, 2.45) is 5.92 Å². The van der Waals surface area contributed by atoms with Gasteiger partial charge in [-0.05, 0) is 47.6 Å². The Kier molecular flexibility index (Phi) is 13.1. The smallest absolute Gasteiger partial charge is 0.465 e. The molecule has 3 saturated heterocycles. The van der Waals surface area contributed by atoms with Gasteiger partial charge in [-0.3, -0.25) is 9.69 Å². The van der Waals surface area contributed by atoms with Gasteiger partial charge in [-0.25, -0.2) is 19.4 Å². The Balaban J connectivity index is 1.11. The number of rotatable bonds is 10. The average Bonchev–Trinajstić information content (AvgIpc) is 3.89. The summed E-state index contributed by atoms with van der Waals surface area (Å²) in [6, 6.07) is 11.4. The molecular weight excluding hydrogens is 765 g/mol. The summed E-state index contributed by atoms with van der Waals surface area (Å²) in [5.41, 5.74) is 2.86. The molecule has 3 atom stereocenters. The minimum Gasteiger partial charge on any atom is -0.465 e. The predicted molar refractivity (Wildman–Crippen MR) is 204 cm³/mol. The molecule has 58 heavy (non-hydrogen) atoms. The summed E-state index contributed by atoms with van der Waals surface area (Å²) in [4.78, 5) is 69.1. The van der Waals surface area contributed by atoms with E-state index >= 15 is 0 Å². The van der Waals surface area contributed by atoms with Gasteiger partial charge >= 0.3 is 24.6 Å². The number of H-pyrrole nitrogens is 1. The highest BCUT2D eigenvalue weighted by atomic mass is 19.4. The second-order valence-corrected chi connectivity index (χ2v) is 14.9. The molecule has 5 amide bonds. The lowest BCUT2D eigenvalue weighted by atomic mass is 10.0. The number of piperidine rings is 1. The lowest BCUT2D eigenvalue weighted by Crippen LogP contribution is -2.57. The monoisotopic (exact) mass is 814 g/mol. The van der Waals surface area contributed by atoms with Gasteiger partial charge in [0.1, 0.15) is 11.9 Å². The lowest BCUT2D eigenvalue weighted by Gasteiger charge is -2.42. The largest absolute Gasteiger partial charge is 0.544 e. The number of nitrogens with zero attached hydrogens (tertiary/aromatic N) is 6. The Labute approximate surface area is 333 Å². The van der Waals surface area contributed by atoms with Gasteiger partial charge in [0.2, 0.25) is 5.91 Å². The molecule has 0 spiro atoms. The first-order valence-electron chi connectivity index (χ1n) is 19.2. The number of anilines is 1. The number of aromatic amines is 1. The van der Waals surface area contributed by atoms with Crippen LogP contribution in [-0.4, -0.2) is 143 Å². The van der Waals surface area contributed by atoms with E-state index in [1.54, 1.807) is 30.3 Å². The molecule has 19 heteroatoms. The number of carboxylic acid groups (broad SMARTS) is 1. The van der Waals surface area contributed by atoms with Crippen molar-refractivity contribution in [3.63, 3.8) is 0 Å². The van der Waals surface area contributed by atoms with Crippen LogP contribution in [0, 0.1) is 5.92 Å². The molecule has 4 heterocycles. The number of alkyl halides is 3. The van der Waals surface area contributed by atoms with E-state index in [0.717, 1.165) is 11.1 Å². The number of hydroxylamine groups is 1. The number of carbonyl (C=O) groups excluding carboxylic acids is 3. The number of methoxy groups -OCH3 is 2. The molecule has 1 unspecified atom stereocenters. The first-order chi connectivity index (χ1) is 27.6. The van der Waals surface area contributed by atoms with Crippen molar-refractivity contribution in [2.45, 2.75) is 63.7 Å². The molecule has 3 aliphatic rings. The minimum atomic E-state index is -5.12. The third kappa shape index (κ3) is 9.82. The van der Waals surface area contributed by atoms with Crippen molar-refractivity contribution >= 4 is 29.8 Å². The first kappa shape index (κ1) is 42.2. The van der Waals surface area contributed by atoms with Crippen LogP contribution in [0.15, 0.2) is 54.7 Å². The number of likely N-dealkylation sites (tertiary alicyclic amines) is 2. The van der Waals surface area contributed by atoms with Crippen molar-refractivity contribution in [2.75, 3.05) is 65.1 Å². The van der Waals surface area contributed by atoms with Gasteiger partial charge in [0, 0.05) is 65.4 Å². The van der Waals surface area contributed by atoms with Crippen LogP contribution in [-0.2, 0) is 19.1 Å². The van der Waals surface area contributed by atoms with E-state index in [0.29, 0.717) is 69.1 Å².